The maximum atomic E-state index is 12.2. The maximum Gasteiger partial charge on any atom is 0.331 e. The van der Waals surface area contributed by atoms with E-state index < -0.39 is 17.4 Å². The second-order valence-corrected chi connectivity index (χ2v) is 5.20. The van der Waals surface area contributed by atoms with Crippen LogP contribution in [0.25, 0.3) is 0 Å². The number of carbonyl (C=O) groups excluding carboxylic acids is 1. The van der Waals surface area contributed by atoms with Crippen molar-refractivity contribution < 1.29 is 19.4 Å². The molecule has 0 saturated carbocycles. The third-order valence-electron chi connectivity index (χ3n) is 3.03. The van der Waals surface area contributed by atoms with Gasteiger partial charge in [-0.05, 0) is 18.0 Å². The second-order valence-electron chi connectivity index (χ2n) is 4.44. The van der Waals surface area contributed by atoms with Crippen LogP contribution in [0.4, 0.5) is 0 Å². The molecule has 1 aromatic rings. The molecule has 2 rings (SSSR count). The van der Waals surface area contributed by atoms with E-state index in [1.54, 1.807) is 0 Å². The Kier molecular flexibility index (Phi) is 4.11. The number of aliphatic carboxylic acids is 1. The number of ether oxygens (including phenoxy) is 1. The molecule has 1 amide bonds. The number of amides is 1. The Morgan fingerprint density at radius 1 is 1.58 bits per heavy atom. The maximum absolute atomic E-state index is 12.2. The first-order valence-corrected chi connectivity index (χ1v) is 6.81. The van der Waals surface area contributed by atoms with Crippen molar-refractivity contribution in [1.29, 1.82) is 0 Å². The molecule has 2 N–H and O–H groups in total. The van der Waals surface area contributed by atoms with Crippen LogP contribution in [0.1, 0.15) is 35.1 Å². The number of carboxylic acid groups (broad SMARTS) is 1. The quantitative estimate of drug-likeness (QED) is 0.815. The Labute approximate surface area is 114 Å². The van der Waals surface area contributed by atoms with E-state index in [0.29, 0.717) is 23.6 Å². The van der Waals surface area contributed by atoms with Crippen molar-refractivity contribution in [3.8, 4) is 0 Å². The summed E-state index contributed by atoms with van der Waals surface area (Å²) in [5.74, 6) is -1.51. The molecule has 0 spiro atoms. The fraction of sp³-hybridized carbons (Fsp3) is 0.636. The Hall–Kier alpha value is -1.54. The summed E-state index contributed by atoms with van der Waals surface area (Å²) in [7, 11) is 0. The first-order valence-electron chi connectivity index (χ1n) is 6.04. The zero-order valence-corrected chi connectivity index (χ0v) is 11.3. The van der Waals surface area contributed by atoms with Crippen LogP contribution < -0.4 is 5.32 Å². The molecule has 0 bridgehead atoms. The molecule has 2 heterocycles. The molecule has 1 fully saturated rings. The van der Waals surface area contributed by atoms with Crippen LogP contribution in [0.2, 0.25) is 0 Å². The van der Waals surface area contributed by atoms with Crippen molar-refractivity contribution >= 4 is 23.4 Å². The molecule has 0 aliphatic carbocycles. The van der Waals surface area contributed by atoms with Gasteiger partial charge in [-0.15, -0.1) is 5.10 Å². The van der Waals surface area contributed by atoms with Gasteiger partial charge in [-0.25, -0.2) is 4.79 Å². The summed E-state index contributed by atoms with van der Waals surface area (Å²) in [6.07, 6.45) is 1.76. The van der Waals surface area contributed by atoms with E-state index >= 15 is 0 Å². The van der Waals surface area contributed by atoms with E-state index in [9.17, 15) is 14.7 Å². The van der Waals surface area contributed by atoms with Crippen LogP contribution >= 0.6 is 11.5 Å². The number of aromatic nitrogens is 2. The Balaban J connectivity index is 2.15. The highest BCUT2D eigenvalue weighted by molar-refractivity contribution is 7.08. The van der Waals surface area contributed by atoms with Crippen molar-refractivity contribution in [1.82, 2.24) is 14.9 Å². The average Bonchev–Trinajstić information content (AvgIpc) is 2.99. The van der Waals surface area contributed by atoms with Crippen molar-refractivity contribution in [3.63, 3.8) is 0 Å². The Morgan fingerprint density at radius 2 is 2.37 bits per heavy atom. The molecular formula is C11H15N3O4S. The first kappa shape index (κ1) is 13.9. The summed E-state index contributed by atoms with van der Waals surface area (Å²) >= 11 is 0.984. The van der Waals surface area contributed by atoms with Gasteiger partial charge in [0.25, 0.3) is 5.91 Å². The zero-order valence-electron chi connectivity index (χ0n) is 10.5. The minimum Gasteiger partial charge on any atom is -0.479 e. The molecule has 19 heavy (non-hydrogen) atoms. The van der Waals surface area contributed by atoms with Gasteiger partial charge in [0.05, 0.1) is 12.3 Å². The predicted octanol–water partition coefficient (Wildman–Crippen LogP) is 0.464. The van der Waals surface area contributed by atoms with Gasteiger partial charge in [0.1, 0.15) is 4.88 Å². The van der Waals surface area contributed by atoms with E-state index in [1.807, 2.05) is 6.92 Å². The summed E-state index contributed by atoms with van der Waals surface area (Å²) in [6, 6.07) is 0. The predicted molar refractivity (Wildman–Crippen MR) is 67.2 cm³/mol. The van der Waals surface area contributed by atoms with E-state index in [4.69, 9.17) is 4.74 Å². The highest BCUT2D eigenvalue weighted by atomic mass is 32.1. The summed E-state index contributed by atoms with van der Waals surface area (Å²) in [5.41, 5.74) is -0.714. The van der Waals surface area contributed by atoms with Crippen LogP contribution in [0.15, 0.2) is 0 Å². The van der Waals surface area contributed by atoms with Crippen LogP contribution in [0, 0.1) is 0 Å². The lowest BCUT2D eigenvalue weighted by molar-refractivity contribution is -0.144. The average molecular weight is 285 g/mol. The lowest BCUT2D eigenvalue weighted by atomic mass is 9.99. The molecule has 1 saturated heterocycles. The highest BCUT2D eigenvalue weighted by Crippen LogP contribution is 2.21. The molecule has 0 aromatic carbocycles. The number of nitrogens with one attached hydrogen (secondary N) is 1. The normalized spacial score (nSPS) is 22.4. The summed E-state index contributed by atoms with van der Waals surface area (Å²) in [6.45, 7) is 2.29. The summed E-state index contributed by atoms with van der Waals surface area (Å²) < 4.78 is 8.85. The summed E-state index contributed by atoms with van der Waals surface area (Å²) in [5, 5.41) is 15.7. The second kappa shape index (κ2) is 5.62. The molecule has 7 nitrogen and oxygen atoms in total. The number of aryl methyl sites for hydroxylation is 1. The number of nitrogens with zero attached hydrogens (tertiary/aromatic N) is 2. The van der Waals surface area contributed by atoms with E-state index in [1.165, 1.54) is 0 Å². The molecule has 1 aliphatic rings. The van der Waals surface area contributed by atoms with Gasteiger partial charge >= 0.3 is 5.97 Å². The molecule has 1 aliphatic heterocycles. The number of hydrogen-bond donors (Lipinski definition) is 2. The van der Waals surface area contributed by atoms with E-state index in [2.05, 4.69) is 14.9 Å². The number of carbonyl (C=O) groups is 2. The molecule has 1 atom stereocenters. The molecule has 104 valence electrons. The fourth-order valence-electron chi connectivity index (χ4n) is 1.94. The van der Waals surface area contributed by atoms with Gasteiger partial charge in [-0.3, -0.25) is 4.79 Å². The third kappa shape index (κ3) is 2.74. The fourth-order valence-corrected chi connectivity index (χ4v) is 2.54. The third-order valence-corrected chi connectivity index (χ3v) is 3.80. The molecule has 1 unspecified atom stereocenters. The lowest BCUT2D eigenvalue weighted by Crippen LogP contribution is -2.55. The van der Waals surface area contributed by atoms with Gasteiger partial charge in [0.2, 0.25) is 0 Å². The van der Waals surface area contributed by atoms with Crippen molar-refractivity contribution in [2.45, 2.75) is 31.7 Å². The van der Waals surface area contributed by atoms with Crippen LogP contribution in [0.5, 0.6) is 0 Å². The minimum atomic E-state index is -1.33. The van der Waals surface area contributed by atoms with E-state index in [-0.39, 0.29) is 13.0 Å². The van der Waals surface area contributed by atoms with Gasteiger partial charge in [-0.2, -0.15) is 0 Å². The largest absolute Gasteiger partial charge is 0.479 e. The molecule has 8 heteroatoms. The van der Waals surface area contributed by atoms with Gasteiger partial charge < -0.3 is 15.2 Å². The SMILES string of the molecule is CCCc1nnsc1C(=O)NC1(C(=O)O)CCOC1. The Bertz CT molecular complexity index is 482. The minimum absolute atomic E-state index is 0.0105. The van der Waals surface area contributed by atoms with E-state index in [0.717, 1.165) is 18.0 Å². The number of hydrogen-bond acceptors (Lipinski definition) is 6. The van der Waals surface area contributed by atoms with Gasteiger partial charge in [0.15, 0.2) is 5.54 Å². The van der Waals surface area contributed by atoms with Crippen LogP contribution in [0.3, 0.4) is 0 Å². The highest BCUT2D eigenvalue weighted by Gasteiger charge is 2.44. The van der Waals surface area contributed by atoms with Crippen molar-refractivity contribution in [3.05, 3.63) is 10.6 Å². The van der Waals surface area contributed by atoms with Gasteiger partial charge in [0, 0.05) is 13.0 Å². The molecular weight excluding hydrogens is 270 g/mol. The zero-order chi connectivity index (χ0) is 13.9. The summed E-state index contributed by atoms with van der Waals surface area (Å²) in [4.78, 5) is 23.9. The van der Waals surface area contributed by atoms with Gasteiger partial charge in [-0.1, -0.05) is 17.8 Å². The van der Waals surface area contributed by atoms with Crippen molar-refractivity contribution in [2.75, 3.05) is 13.2 Å². The first-order chi connectivity index (χ1) is 9.09. The number of rotatable bonds is 5. The molecule has 1 aromatic heterocycles. The standard InChI is InChI=1S/C11H15N3O4S/c1-2-3-7-8(19-14-13-7)9(15)12-11(10(16)17)4-5-18-6-11/h2-6H2,1H3,(H,12,15)(H,16,17). The topological polar surface area (TPSA) is 101 Å². The van der Waals surface area contributed by atoms with Crippen LogP contribution in [-0.2, 0) is 16.0 Å². The number of carboxylic acids is 1. The van der Waals surface area contributed by atoms with Crippen molar-refractivity contribution in [2.24, 2.45) is 0 Å². The Morgan fingerprint density at radius 3 is 2.95 bits per heavy atom. The lowest BCUT2D eigenvalue weighted by Gasteiger charge is -2.23. The van der Waals surface area contributed by atoms with Crippen LogP contribution in [-0.4, -0.2) is 45.3 Å². The monoisotopic (exact) mass is 285 g/mol. The smallest absolute Gasteiger partial charge is 0.331 e. The molecule has 0 radical (unpaired) electrons.